The summed E-state index contributed by atoms with van der Waals surface area (Å²) in [6, 6.07) is 0.516. The second kappa shape index (κ2) is 6.06. The van der Waals surface area contributed by atoms with Gasteiger partial charge in [0.15, 0.2) is 5.82 Å². The Morgan fingerprint density at radius 1 is 1.20 bits per heavy atom. The molecule has 1 aromatic heterocycles. The zero-order valence-electron chi connectivity index (χ0n) is 15.5. The van der Waals surface area contributed by atoms with Crippen LogP contribution in [-0.2, 0) is 11.3 Å². The fraction of sp³-hybridized carbons (Fsp3) is 0.650. The van der Waals surface area contributed by atoms with Crippen LogP contribution in [0.4, 0.5) is 4.39 Å². The standard InChI is InChI=1S/C20H27FN2O2/c1-11(2)23-17-7-15-5-14(15)6-16(17)20(24)19(21)18(23)8-22-12(3)9-25-10-13(22)4/h6-7,11-15H,5,8-10H2,1-4H3/t12-,13-,14?,15?/m0/s1. The number of fused-ring (bicyclic) bond motifs is 2. The van der Waals surface area contributed by atoms with E-state index in [0.29, 0.717) is 42.5 Å². The van der Waals surface area contributed by atoms with Gasteiger partial charge in [0, 0.05) is 35.2 Å². The number of morpholine rings is 1. The largest absolute Gasteiger partial charge is 0.378 e. The Balaban J connectivity index is 1.88. The maximum absolute atomic E-state index is 15.1. The van der Waals surface area contributed by atoms with Gasteiger partial charge in [-0.05, 0) is 46.0 Å². The SMILES string of the molecule is CC(C)n1c(CN2[C@@H](C)COC[C@@H]2C)c(F)c(=O)c2c1=CC1CC1C=2. The van der Waals surface area contributed by atoms with Crippen molar-refractivity contribution < 1.29 is 9.13 Å². The summed E-state index contributed by atoms with van der Waals surface area (Å²) < 4.78 is 22.8. The van der Waals surface area contributed by atoms with Gasteiger partial charge in [0.1, 0.15) is 0 Å². The molecule has 3 aliphatic rings. The van der Waals surface area contributed by atoms with Crippen LogP contribution in [0.15, 0.2) is 4.79 Å². The summed E-state index contributed by atoms with van der Waals surface area (Å²) in [7, 11) is 0. The Kier molecular flexibility index (Phi) is 4.12. The van der Waals surface area contributed by atoms with E-state index in [1.807, 2.05) is 10.6 Å². The minimum absolute atomic E-state index is 0.102. The first-order chi connectivity index (χ1) is 11.9. The third-order valence-electron chi connectivity index (χ3n) is 5.87. The highest BCUT2D eigenvalue weighted by molar-refractivity contribution is 5.48. The molecule has 1 aliphatic heterocycles. The Hall–Kier alpha value is -1.46. The minimum Gasteiger partial charge on any atom is -0.378 e. The van der Waals surface area contributed by atoms with Crippen molar-refractivity contribution in [2.45, 2.75) is 58.8 Å². The summed E-state index contributed by atoms with van der Waals surface area (Å²) in [5.41, 5.74) is 0.0835. The average molecular weight is 346 g/mol. The third kappa shape index (κ3) is 2.77. The van der Waals surface area contributed by atoms with E-state index in [1.54, 1.807) is 0 Å². The van der Waals surface area contributed by atoms with Gasteiger partial charge >= 0.3 is 0 Å². The van der Waals surface area contributed by atoms with E-state index in [-0.39, 0.29) is 18.1 Å². The maximum Gasteiger partial charge on any atom is 0.224 e. The number of hydrogen-bond acceptors (Lipinski definition) is 3. The predicted molar refractivity (Wildman–Crippen MR) is 96.1 cm³/mol. The van der Waals surface area contributed by atoms with Gasteiger partial charge in [0.25, 0.3) is 0 Å². The highest BCUT2D eigenvalue weighted by Gasteiger charge is 2.36. The van der Waals surface area contributed by atoms with Gasteiger partial charge in [-0.2, -0.15) is 0 Å². The van der Waals surface area contributed by atoms with E-state index < -0.39 is 11.2 Å². The van der Waals surface area contributed by atoms with Crippen LogP contribution in [-0.4, -0.2) is 34.8 Å². The molecule has 4 nitrogen and oxygen atoms in total. The summed E-state index contributed by atoms with van der Waals surface area (Å²) >= 11 is 0. The van der Waals surface area contributed by atoms with Crippen molar-refractivity contribution >= 4 is 12.2 Å². The highest BCUT2D eigenvalue weighted by atomic mass is 19.1. The van der Waals surface area contributed by atoms with Crippen molar-refractivity contribution in [1.82, 2.24) is 9.47 Å². The summed E-state index contributed by atoms with van der Waals surface area (Å²) in [6.45, 7) is 10.1. The van der Waals surface area contributed by atoms with Crippen molar-refractivity contribution in [1.29, 1.82) is 0 Å². The van der Waals surface area contributed by atoms with Crippen LogP contribution < -0.4 is 16.0 Å². The normalized spacial score (nSPS) is 31.1. The number of ether oxygens (including phenoxy) is 1. The first kappa shape index (κ1) is 17.0. The lowest BCUT2D eigenvalue weighted by Gasteiger charge is -2.39. The van der Waals surface area contributed by atoms with Gasteiger partial charge < -0.3 is 9.30 Å². The molecule has 2 aliphatic carbocycles. The first-order valence-corrected chi connectivity index (χ1v) is 9.38. The van der Waals surface area contributed by atoms with Crippen LogP contribution in [0.5, 0.6) is 0 Å². The number of aromatic nitrogens is 1. The Bertz CT molecular complexity index is 863. The van der Waals surface area contributed by atoms with Gasteiger partial charge in [0.2, 0.25) is 5.43 Å². The van der Waals surface area contributed by atoms with Crippen LogP contribution in [0.25, 0.3) is 12.2 Å². The molecule has 1 aromatic rings. The van der Waals surface area contributed by atoms with E-state index in [9.17, 15) is 4.79 Å². The average Bonchev–Trinajstić information content (AvgIpc) is 3.32. The van der Waals surface area contributed by atoms with Crippen LogP contribution in [0.3, 0.4) is 0 Å². The zero-order valence-corrected chi connectivity index (χ0v) is 15.5. The van der Waals surface area contributed by atoms with Crippen molar-refractivity contribution in [3.63, 3.8) is 0 Å². The molecule has 2 heterocycles. The van der Waals surface area contributed by atoms with Crippen LogP contribution in [0.1, 0.15) is 45.9 Å². The van der Waals surface area contributed by atoms with Crippen LogP contribution >= 0.6 is 0 Å². The van der Waals surface area contributed by atoms with Crippen molar-refractivity contribution in [3.05, 3.63) is 32.3 Å². The highest BCUT2D eigenvalue weighted by Crippen LogP contribution is 2.41. The molecule has 0 N–H and O–H groups in total. The molecule has 4 rings (SSSR count). The maximum atomic E-state index is 15.1. The molecule has 136 valence electrons. The van der Waals surface area contributed by atoms with Crippen LogP contribution in [0, 0.1) is 17.7 Å². The summed E-state index contributed by atoms with van der Waals surface area (Å²) in [6.07, 6.45) is 5.27. The Morgan fingerprint density at radius 2 is 1.84 bits per heavy atom. The van der Waals surface area contributed by atoms with E-state index >= 15 is 4.39 Å². The minimum atomic E-state index is -0.581. The molecule has 1 saturated carbocycles. The number of halogens is 1. The van der Waals surface area contributed by atoms with Gasteiger partial charge in [-0.25, -0.2) is 4.39 Å². The fourth-order valence-corrected chi connectivity index (χ4v) is 4.37. The van der Waals surface area contributed by atoms with Crippen molar-refractivity contribution in [2.24, 2.45) is 11.8 Å². The van der Waals surface area contributed by atoms with Gasteiger partial charge in [-0.15, -0.1) is 0 Å². The van der Waals surface area contributed by atoms with Gasteiger partial charge in [-0.1, -0.05) is 12.2 Å². The lowest BCUT2D eigenvalue weighted by atomic mass is 10.1. The molecular formula is C20H27FN2O2. The second-order valence-corrected chi connectivity index (χ2v) is 8.16. The molecule has 0 spiro atoms. The number of rotatable bonds is 3. The number of nitrogens with zero attached hydrogens (tertiary/aromatic N) is 2. The first-order valence-electron chi connectivity index (χ1n) is 9.38. The third-order valence-corrected chi connectivity index (χ3v) is 5.87. The molecule has 25 heavy (non-hydrogen) atoms. The van der Waals surface area contributed by atoms with Crippen molar-refractivity contribution in [3.8, 4) is 0 Å². The summed E-state index contributed by atoms with van der Waals surface area (Å²) in [5.74, 6) is 0.379. The summed E-state index contributed by atoms with van der Waals surface area (Å²) in [4.78, 5) is 14.9. The second-order valence-electron chi connectivity index (χ2n) is 8.16. The molecule has 1 saturated heterocycles. The number of pyridine rings is 1. The van der Waals surface area contributed by atoms with E-state index in [4.69, 9.17) is 4.74 Å². The van der Waals surface area contributed by atoms with Gasteiger partial charge in [-0.3, -0.25) is 9.69 Å². The molecule has 0 bridgehead atoms. The molecule has 5 heteroatoms. The van der Waals surface area contributed by atoms with Crippen LogP contribution in [0.2, 0.25) is 0 Å². The van der Waals surface area contributed by atoms with Crippen molar-refractivity contribution in [2.75, 3.05) is 13.2 Å². The molecular weight excluding hydrogens is 319 g/mol. The lowest BCUT2D eigenvalue weighted by Crippen LogP contribution is -2.53. The van der Waals surface area contributed by atoms with E-state index in [2.05, 4.69) is 38.7 Å². The lowest BCUT2D eigenvalue weighted by molar-refractivity contribution is -0.0426. The van der Waals surface area contributed by atoms with E-state index in [0.717, 1.165) is 11.8 Å². The Labute approximate surface area is 147 Å². The smallest absolute Gasteiger partial charge is 0.224 e. The van der Waals surface area contributed by atoms with E-state index in [1.165, 1.54) is 0 Å². The summed E-state index contributed by atoms with van der Waals surface area (Å²) in [5, 5.41) is 1.49. The zero-order chi connectivity index (χ0) is 17.9. The number of hydrogen-bond donors (Lipinski definition) is 0. The fourth-order valence-electron chi connectivity index (χ4n) is 4.37. The molecule has 0 aromatic carbocycles. The van der Waals surface area contributed by atoms with Gasteiger partial charge in [0.05, 0.1) is 18.9 Å². The predicted octanol–water partition coefficient (Wildman–Crippen LogP) is 1.39. The monoisotopic (exact) mass is 346 g/mol. The molecule has 4 atom stereocenters. The topological polar surface area (TPSA) is 34.5 Å². The molecule has 0 amide bonds. The molecule has 2 fully saturated rings. The molecule has 0 radical (unpaired) electrons. The Morgan fingerprint density at radius 3 is 2.48 bits per heavy atom. The molecule has 2 unspecified atom stereocenters. The quantitative estimate of drug-likeness (QED) is 0.830.